The van der Waals surface area contributed by atoms with Crippen LogP contribution >= 0.6 is 11.6 Å². The summed E-state index contributed by atoms with van der Waals surface area (Å²) in [4.78, 5) is 47.2. The molecule has 3 aromatic carbocycles. The Balaban J connectivity index is 0.897. The van der Waals surface area contributed by atoms with Crippen molar-refractivity contribution in [2.75, 3.05) is 62.7 Å². The highest BCUT2D eigenvalue weighted by Gasteiger charge is 2.60. The summed E-state index contributed by atoms with van der Waals surface area (Å²) >= 11 is 6.26. The number of carbonyl (C=O) groups is 2. The number of allylic oxidation sites excluding steroid dienone is 1. The predicted octanol–water partition coefficient (Wildman–Crippen LogP) is 4.64. The normalized spacial score (nSPS) is 20.4. The number of hydrogen-bond donors (Lipinski definition) is 4. The minimum atomic E-state index is -2.02. The van der Waals surface area contributed by atoms with Crippen molar-refractivity contribution in [1.29, 1.82) is 0 Å². The number of nitrogens with zero attached hydrogens (tertiary/aromatic N) is 4. The number of benzene rings is 3. The maximum atomic E-state index is 13.9. The van der Waals surface area contributed by atoms with Gasteiger partial charge in [-0.1, -0.05) is 23.7 Å². The molecule has 316 valence electrons. The van der Waals surface area contributed by atoms with Gasteiger partial charge in [-0.15, -0.1) is 9.58 Å². The van der Waals surface area contributed by atoms with Gasteiger partial charge in [0.1, 0.15) is 11.4 Å². The summed E-state index contributed by atoms with van der Waals surface area (Å²) in [7, 11) is -2.02. The average molecular weight is 864 g/mol. The lowest BCUT2D eigenvalue weighted by Gasteiger charge is -2.59. The zero-order chi connectivity index (χ0) is 41.9. The first-order valence-electron chi connectivity index (χ1n) is 21.0. The number of likely N-dealkylation sites (tertiary alicyclic amines) is 1. The second kappa shape index (κ2) is 17.8. The van der Waals surface area contributed by atoms with Gasteiger partial charge in [-0.2, -0.15) is 0 Å². The minimum absolute atomic E-state index is 0.0363. The molecule has 1 aromatic heterocycles. The van der Waals surface area contributed by atoms with Crippen molar-refractivity contribution in [3.63, 3.8) is 0 Å². The number of anilines is 2. The van der Waals surface area contributed by atoms with Gasteiger partial charge in [0.15, 0.2) is 11.0 Å². The molecule has 61 heavy (non-hydrogen) atoms. The molecule has 4 aromatic rings. The molecule has 2 amide bonds. The van der Waals surface area contributed by atoms with E-state index in [2.05, 4.69) is 58.0 Å². The fourth-order valence-corrected chi connectivity index (χ4v) is 10.3. The van der Waals surface area contributed by atoms with Crippen molar-refractivity contribution in [2.45, 2.75) is 49.5 Å². The van der Waals surface area contributed by atoms with Crippen LogP contribution in [0, 0.1) is 22.2 Å². The quantitative estimate of drug-likeness (QED) is 0.0850. The van der Waals surface area contributed by atoms with Crippen LogP contribution in [0.25, 0.3) is 6.08 Å². The number of piperidine rings is 2. The number of rotatable bonds is 13. The number of H-pyrrole nitrogens is 1. The summed E-state index contributed by atoms with van der Waals surface area (Å²) in [6.45, 7) is 5.96. The van der Waals surface area contributed by atoms with Crippen LogP contribution in [0.1, 0.15) is 60.5 Å². The standard InChI is InChI=1S/C45H47ClN8O6S/c46-33-3-1-31(2-4-33)41-45(14-17-47-18-15-45)44(56)54(41)28-30-10-19-53(20-11-30)34-5-7-37(40(24-34)60-35-23-32-9-16-48-42(32)50-27-35)43(55)52-61(58)36-6-8-38(39(25-36)51-57)49-26-29-12-21-59-22-13-29/h1-9,16,23-25,29-30,41,47H,10-15,17-22,26,28H2,(H2,49,52,55,57)/p+1. The number of β-lactam (4-membered cyclic amide) rings is 1. The van der Waals surface area contributed by atoms with E-state index in [0.717, 1.165) is 81.2 Å². The van der Waals surface area contributed by atoms with E-state index in [1.54, 1.807) is 30.5 Å². The number of halogens is 1. The molecule has 0 aliphatic carbocycles. The summed E-state index contributed by atoms with van der Waals surface area (Å²) < 4.78 is 32.3. The Bertz CT molecular complexity index is 2550. The zero-order valence-corrected chi connectivity index (χ0v) is 35.2. The number of fused-ring (bicyclic) bond motifs is 1. The molecule has 16 heteroatoms. The van der Waals surface area contributed by atoms with E-state index < -0.39 is 16.9 Å². The Morgan fingerprint density at radius 3 is 2.57 bits per heavy atom. The highest BCUT2D eigenvalue weighted by molar-refractivity contribution is 7.83. The molecule has 5 aliphatic rings. The second-order valence-corrected chi connectivity index (χ2v) is 18.1. The molecular formula is C45H48ClN8O6S+. The van der Waals surface area contributed by atoms with Gasteiger partial charge < -0.3 is 29.9 Å². The largest absolute Gasteiger partial charge is 0.443 e. The topological polar surface area (TPSA) is 172 Å². The lowest BCUT2D eigenvalue weighted by atomic mass is 9.62. The maximum Gasteiger partial charge on any atom is 0.391 e. The van der Waals surface area contributed by atoms with Gasteiger partial charge in [0.05, 0.1) is 39.0 Å². The lowest BCUT2D eigenvalue weighted by molar-refractivity contribution is -0.179. The van der Waals surface area contributed by atoms with Gasteiger partial charge in [0, 0.05) is 62.2 Å². The van der Waals surface area contributed by atoms with Gasteiger partial charge in [-0.3, -0.25) is 14.3 Å². The molecule has 2 unspecified atom stereocenters. The average Bonchev–Trinajstić information content (AvgIpc) is 3.77. The molecule has 2 atom stereocenters. The van der Waals surface area contributed by atoms with Gasteiger partial charge in [-0.05, 0) is 123 Å². The molecule has 14 nitrogen and oxygen atoms in total. The fraction of sp³-hybridized carbons (Fsp3) is 0.400. The minimum Gasteiger partial charge on any atom is -0.443 e. The van der Waals surface area contributed by atoms with Crippen molar-refractivity contribution < 1.29 is 23.3 Å². The van der Waals surface area contributed by atoms with Crippen LogP contribution in [0.2, 0.25) is 5.02 Å². The van der Waals surface area contributed by atoms with Crippen molar-refractivity contribution in [2.24, 2.45) is 22.4 Å². The molecule has 4 N–H and O–H groups in total. The van der Waals surface area contributed by atoms with E-state index in [-0.39, 0.29) is 39.3 Å². The Kier molecular flexibility index (Phi) is 11.9. The summed E-state index contributed by atoms with van der Waals surface area (Å²) in [5.74, 6) is 3.83. The second-order valence-electron chi connectivity index (χ2n) is 16.5. The van der Waals surface area contributed by atoms with Crippen LogP contribution in [0.5, 0.6) is 5.75 Å². The van der Waals surface area contributed by atoms with Crippen LogP contribution in [0.3, 0.4) is 0 Å². The van der Waals surface area contributed by atoms with Gasteiger partial charge in [0.25, 0.3) is 5.91 Å². The number of aromatic nitrogens is 1. The molecule has 5 aliphatic heterocycles. The van der Waals surface area contributed by atoms with E-state index in [1.165, 1.54) is 6.07 Å². The number of amides is 2. The Morgan fingerprint density at radius 1 is 1.02 bits per heavy atom. The molecule has 4 saturated heterocycles. The molecule has 0 radical (unpaired) electrons. The third-order valence-corrected chi connectivity index (χ3v) is 14.1. The van der Waals surface area contributed by atoms with E-state index in [4.69, 9.17) is 21.1 Å². The number of nitrogens with one attached hydrogen (secondary N) is 4. The molecule has 9 rings (SSSR count). The first-order chi connectivity index (χ1) is 29.8. The molecule has 0 bridgehead atoms. The van der Waals surface area contributed by atoms with Crippen molar-refractivity contribution in [3.05, 3.63) is 110 Å². The summed E-state index contributed by atoms with van der Waals surface area (Å²) in [6.07, 6.45) is 8.84. The number of nitroso groups, excluding NO2 is 1. The van der Waals surface area contributed by atoms with Crippen molar-refractivity contribution in [3.8, 4) is 5.75 Å². The third kappa shape index (κ3) is 8.55. The number of carbonyl (C=O) groups excluding carboxylic acids is 2. The number of aromatic amines is 1. The van der Waals surface area contributed by atoms with E-state index in [9.17, 15) is 18.7 Å². The Labute approximate surface area is 360 Å². The smallest absolute Gasteiger partial charge is 0.391 e. The van der Waals surface area contributed by atoms with Crippen LogP contribution < -0.4 is 40.4 Å². The van der Waals surface area contributed by atoms with Crippen LogP contribution in [0.4, 0.5) is 17.1 Å². The third-order valence-electron chi connectivity index (χ3n) is 12.8. The first kappa shape index (κ1) is 40.9. The summed E-state index contributed by atoms with van der Waals surface area (Å²) in [6, 6.07) is 19.9. The molecule has 1 spiro atoms. The number of ether oxygens (including phenoxy) is 2. The number of hydrogen-bond acceptors (Lipinski definition) is 10. The van der Waals surface area contributed by atoms with E-state index in [1.807, 2.05) is 30.3 Å². The molecule has 0 saturated carbocycles. The highest BCUT2D eigenvalue weighted by atomic mass is 35.5. The maximum absolute atomic E-state index is 13.9. The SMILES string of the molecule is O=Nc1cc(S(=O)NC(=O)c2ccc(N3CCC(CN4C(=O)C5(CCNCC5)C4c4ccc(Cl)cc4)CC3)cc2OC2=C=[N+]=c3[nH]ccc3=C2)ccc1NCC1CCOCC1. The van der Waals surface area contributed by atoms with Crippen LogP contribution in [0.15, 0.2) is 88.8 Å². The van der Waals surface area contributed by atoms with Crippen molar-refractivity contribution in [1.82, 2.24) is 24.6 Å². The first-order valence-corrected chi connectivity index (χ1v) is 22.5. The summed E-state index contributed by atoms with van der Waals surface area (Å²) in [5.41, 5.74) is 3.09. The molecular weight excluding hydrogens is 816 g/mol. The van der Waals surface area contributed by atoms with Gasteiger partial charge in [-0.25, -0.2) is 9.19 Å². The fourth-order valence-electron chi connectivity index (χ4n) is 9.37. The zero-order valence-electron chi connectivity index (χ0n) is 33.7. The van der Waals surface area contributed by atoms with Crippen LogP contribution in [-0.4, -0.2) is 84.3 Å². The Morgan fingerprint density at radius 2 is 1.80 bits per heavy atom. The lowest BCUT2D eigenvalue weighted by Crippen LogP contribution is -2.66. The van der Waals surface area contributed by atoms with E-state index >= 15 is 0 Å². The molecule has 6 heterocycles. The summed E-state index contributed by atoms with van der Waals surface area (Å²) in [5, 5.41) is 11.4. The molecule has 4 fully saturated rings. The highest BCUT2D eigenvalue weighted by Crippen LogP contribution is 2.55. The van der Waals surface area contributed by atoms with Gasteiger partial charge >= 0.3 is 5.49 Å². The van der Waals surface area contributed by atoms with Crippen molar-refractivity contribution >= 4 is 63.4 Å². The van der Waals surface area contributed by atoms with E-state index in [0.29, 0.717) is 60.1 Å². The Hall–Kier alpha value is -5.53. The monoisotopic (exact) mass is 863 g/mol. The van der Waals surface area contributed by atoms with Gasteiger partial charge in [0.2, 0.25) is 17.5 Å². The predicted molar refractivity (Wildman–Crippen MR) is 235 cm³/mol. The van der Waals surface area contributed by atoms with Crippen LogP contribution in [-0.2, 0) is 20.5 Å².